The van der Waals surface area contributed by atoms with Crippen molar-refractivity contribution in [2.24, 2.45) is 0 Å². The van der Waals surface area contributed by atoms with Crippen LogP contribution in [0.4, 0.5) is 0 Å². The number of nitrogens with zero attached hydrogens (tertiary/aromatic N) is 2. The fourth-order valence-electron chi connectivity index (χ4n) is 3.58. The largest absolute Gasteiger partial charge is 0.480 e. The average Bonchev–Trinajstić information content (AvgIpc) is 2.96. The summed E-state index contributed by atoms with van der Waals surface area (Å²) in [6.07, 6.45) is 3.65. The maximum Gasteiger partial charge on any atom is 0.320 e. The van der Waals surface area contributed by atoms with Crippen LogP contribution in [-0.2, 0) is 9.59 Å². The van der Waals surface area contributed by atoms with Gasteiger partial charge in [-0.1, -0.05) is 0 Å². The van der Waals surface area contributed by atoms with Crippen molar-refractivity contribution in [3.05, 3.63) is 0 Å². The number of aliphatic carboxylic acids is 1. The van der Waals surface area contributed by atoms with Crippen LogP contribution in [0.3, 0.4) is 0 Å². The molecule has 6 nitrogen and oxygen atoms in total. The third-order valence-electron chi connectivity index (χ3n) is 4.83. The highest BCUT2D eigenvalue weighted by Gasteiger charge is 2.37. The third kappa shape index (κ3) is 3.74. The molecule has 1 amide bonds. The van der Waals surface area contributed by atoms with Gasteiger partial charge in [0.2, 0.25) is 5.91 Å². The number of piperidine rings is 1. The van der Waals surface area contributed by atoms with Crippen molar-refractivity contribution in [2.75, 3.05) is 26.2 Å². The topological polar surface area (TPSA) is 72.9 Å². The SMILES string of the molecule is CCNC(=O)C(C)N1CCC(N2CCCC2C(=O)O)CC1. The second-order valence-corrected chi connectivity index (χ2v) is 6.07. The summed E-state index contributed by atoms with van der Waals surface area (Å²) < 4.78 is 0. The summed E-state index contributed by atoms with van der Waals surface area (Å²) in [6.45, 7) is 7.16. The van der Waals surface area contributed by atoms with Crippen LogP contribution in [-0.4, -0.2) is 71.1 Å². The number of carboxylic acids is 1. The lowest BCUT2D eigenvalue weighted by Gasteiger charge is -2.40. The van der Waals surface area contributed by atoms with Gasteiger partial charge in [0, 0.05) is 25.7 Å². The lowest BCUT2D eigenvalue weighted by atomic mass is 10.0. The zero-order valence-corrected chi connectivity index (χ0v) is 13.0. The summed E-state index contributed by atoms with van der Waals surface area (Å²) in [5.74, 6) is -0.605. The quantitative estimate of drug-likeness (QED) is 0.774. The number of hydrogen-bond donors (Lipinski definition) is 2. The Morgan fingerprint density at radius 2 is 1.90 bits per heavy atom. The van der Waals surface area contributed by atoms with Crippen LogP contribution in [0.2, 0.25) is 0 Å². The highest BCUT2D eigenvalue weighted by Crippen LogP contribution is 2.26. The van der Waals surface area contributed by atoms with Gasteiger partial charge in [0.25, 0.3) is 0 Å². The van der Waals surface area contributed by atoms with Crippen molar-refractivity contribution in [3.63, 3.8) is 0 Å². The van der Waals surface area contributed by atoms with Gasteiger partial charge in [-0.05, 0) is 46.1 Å². The fraction of sp³-hybridized carbons (Fsp3) is 0.867. The van der Waals surface area contributed by atoms with Crippen LogP contribution in [0, 0.1) is 0 Å². The molecule has 0 aliphatic carbocycles. The summed E-state index contributed by atoms with van der Waals surface area (Å²) in [6, 6.07) is -0.0478. The Kier molecular flexibility index (Phi) is 5.58. The van der Waals surface area contributed by atoms with E-state index in [1.54, 1.807) is 0 Å². The van der Waals surface area contributed by atoms with Crippen LogP contribution in [0.15, 0.2) is 0 Å². The lowest BCUT2D eigenvalue weighted by molar-refractivity contribution is -0.143. The second kappa shape index (κ2) is 7.22. The minimum atomic E-state index is -0.689. The molecule has 2 fully saturated rings. The highest BCUT2D eigenvalue weighted by atomic mass is 16.4. The molecule has 0 saturated carbocycles. The number of carboxylic acid groups (broad SMARTS) is 1. The van der Waals surface area contributed by atoms with Gasteiger partial charge in [0.15, 0.2) is 0 Å². The van der Waals surface area contributed by atoms with Crippen molar-refractivity contribution in [2.45, 2.75) is 57.7 Å². The molecule has 2 unspecified atom stereocenters. The Balaban J connectivity index is 1.85. The van der Waals surface area contributed by atoms with E-state index in [4.69, 9.17) is 0 Å². The van der Waals surface area contributed by atoms with Crippen LogP contribution >= 0.6 is 0 Å². The molecule has 2 rings (SSSR count). The van der Waals surface area contributed by atoms with Gasteiger partial charge in [-0.3, -0.25) is 19.4 Å². The summed E-state index contributed by atoms with van der Waals surface area (Å²) >= 11 is 0. The van der Waals surface area contributed by atoms with Gasteiger partial charge >= 0.3 is 5.97 Å². The highest BCUT2D eigenvalue weighted by molar-refractivity contribution is 5.81. The van der Waals surface area contributed by atoms with Crippen molar-refractivity contribution >= 4 is 11.9 Å². The molecule has 6 heteroatoms. The molecule has 0 radical (unpaired) electrons. The molecule has 120 valence electrons. The number of carbonyl (C=O) groups excluding carboxylic acids is 1. The van der Waals surface area contributed by atoms with Gasteiger partial charge < -0.3 is 10.4 Å². The first-order valence-corrected chi connectivity index (χ1v) is 8.05. The fourth-order valence-corrected chi connectivity index (χ4v) is 3.58. The molecule has 0 aromatic rings. The molecule has 21 heavy (non-hydrogen) atoms. The molecule has 2 N–H and O–H groups in total. The zero-order chi connectivity index (χ0) is 15.4. The van der Waals surface area contributed by atoms with E-state index >= 15 is 0 Å². The molecule has 2 heterocycles. The van der Waals surface area contributed by atoms with Crippen LogP contribution < -0.4 is 5.32 Å². The summed E-state index contributed by atoms with van der Waals surface area (Å²) in [4.78, 5) is 27.5. The van der Waals surface area contributed by atoms with E-state index in [1.807, 2.05) is 13.8 Å². The van der Waals surface area contributed by atoms with E-state index in [9.17, 15) is 14.7 Å². The number of carbonyl (C=O) groups is 2. The second-order valence-electron chi connectivity index (χ2n) is 6.07. The first kappa shape index (κ1) is 16.2. The molecule has 2 aliphatic rings. The standard InChI is InChI=1S/C15H27N3O3/c1-3-16-14(19)11(2)17-9-6-12(7-10-17)18-8-4-5-13(18)15(20)21/h11-13H,3-10H2,1-2H3,(H,16,19)(H,20,21). The van der Waals surface area contributed by atoms with Gasteiger partial charge in [-0.25, -0.2) is 0 Å². The molecule has 0 aromatic carbocycles. The predicted octanol–water partition coefficient (Wildman–Crippen LogP) is 0.524. The van der Waals surface area contributed by atoms with Gasteiger partial charge in [-0.15, -0.1) is 0 Å². The Morgan fingerprint density at radius 1 is 1.24 bits per heavy atom. The van der Waals surface area contributed by atoms with Crippen LogP contribution in [0.25, 0.3) is 0 Å². The first-order valence-electron chi connectivity index (χ1n) is 8.05. The van der Waals surface area contributed by atoms with E-state index in [0.717, 1.165) is 45.3 Å². The predicted molar refractivity (Wildman–Crippen MR) is 80.1 cm³/mol. The number of amides is 1. The number of nitrogens with one attached hydrogen (secondary N) is 1. The van der Waals surface area contributed by atoms with E-state index in [2.05, 4.69) is 15.1 Å². The molecule has 0 bridgehead atoms. The normalized spacial score (nSPS) is 26.7. The van der Waals surface area contributed by atoms with E-state index in [-0.39, 0.29) is 18.0 Å². The summed E-state index contributed by atoms with van der Waals surface area (Å²) in [5, 5.41) is 12.1. The number of likely N-dealkylation sites (N-methyl/N-ethyl adjacent to an activating group) is 1. The molecule has 2 atom stereocenters. The van der Waals surface area contributed by atoms with Crippen molar-refractivity contribution < 1.29 is 14.7 Å². The van der Waals surface area contributed by atoms with E-state index < -0.39 is 5.97 Å². The summed E-state index contributed by atoms with van der Waals surface area (Å²) in [7, 11) is 0. The van der Waals surface area contributed by atoms with Gasteiger partial charge in [-0.2, -0.15) is 0 Å². The molecule has 0 aromatic heterocycles. The van der Waals surface area contributed by atoms with Crippen molar-refractivity contribution in [1.29, 1.82) is 0 Å². The van der Waals surface area contributed by atoms with Crippen LogP contribution in [0.1, 0.15) is 39.5 Å². The number of hydrogen-bond acceptors (Lipinski definition) is 4. The molecule has 2 aliphatic heterocycles. The molecule has 0 spiro atoms. The van der Waals surface area contributed by atoms with E-state index in [0.29, 0.717) is 12.6 Å². The monoisotopic (exact) mass is 297 g/mol. The summed E-state index contributed by atoms with van der Waals surface area (Å²) in [5.41, 5.74) is 0. The Morgan fingerprint density at radius 3 is 2.48 bits per heavy atom. The number of likely N-dealkylation sites (tertiary alicyclic amines) is 2. The smallest absolute Gasteiger partial charge is 0.320 e. The molecular weight excluding hydrogens is 270 g/mol. The lowest BCUT2D eigenvalue weighted by Crippen LogP contribution is -2.53. The first-order chi connectivity index (χ1) is 10.0. The average molecular weight is 297 g/mol. The van der Waals surface area contributed by atoms with Crippen molar-refractivity contribution in [1.82, 2.24) is 15.1 Å². The van der Waals surface area contributed by atoms with Crippen LogP contribution in [0.5, 0.6) is 0 Å². The van der Waals surface area contributed by atoms with Gasteiger partial charge in [0.05, 0.1) is 6.04 Å². The molecule has 2 saturated heterocycles. The van der Waals surface area contributed by atoms with Crippen molar-refractivity contribution in [3.8, 4) is 0 Å². The third-order valence-corrected chi connectivity index (χ3v) is 4.83. The van der Waals surface area contributed by atoms with E-state index in [1.165, 1.54) is 0 Å². The number of rotatable bonds is 5. The minimum absolute atomic E-state index is 0.0838. The molecular formula is C15H27N3O3. The zero-order valence-electron chi connectivity index (χ0n) is 13.0. The Labute approximate surface area is 126 Å². The Hall–Kier alpha value is -1.14. The Bertz CT molecular complexity index is 380. The maximum absolute atomic E-state index is 11.9. The minimum Gasteiger partial charge on any atom is -0.480 e. The van der Waals surface area contributed by atoms with Gasteiger partial charge in [0.1, 0.15) is 6.04 Å². The maximum atomic E-state index is 11.9.